The standard InChI is InChI=1S/C33H41BrClN7O3/c34-24-17-23-8-7-22-18-25(35)9-10-27(22)31(30(23)38-19-24)41-15-16-42(33(45)39-26-5-2-1-3-6-26)28(20-41)32(44)37-11-4-13-40-14-12-36-29(40)21-43/h9-10,12,14,17-19,26,28,31,43H,1-8,11,13,15-16,20-21H2,(H,37,44)(H,39,45)/t28-,31?/m1/s1. The van der Waals surface area contributed by atoms with E-state index in [0.717, 1.165) is 54.3 Å². The van der Waals surface area contributed by atoms with E-state index in [1.54, 1.807) is 11.1 Å². The van der Waals surface area contributed by atoms with Gasteiger partial charge in [-0.2, -0.15) is 0 Å². The summed E-state index contributed by atoms with van der Waals surface area (Å²) in [6, 6.07) is 7.36. The maximum absolute atomic E-state index is 13.9. The van der Waals surface area contributed by atoms with Gasteiger partial charge in [-0.15, -0.1) is 0 Å². The normalized spacial score (nSPS) is 20.6. The fourth-order valence-electron chi connectivity index (χ4n) is 7.07. The van der Waals surface area contributed by atoms with E-state index in [4.69, 9.17) is 16.6 Å². The Morgan fingerprint density at radius 3 is 2.71 bits per heavy atom. The molecule has 45 heavy (non-hydrogen) atoms. The predicted molar refractivity (Wildman–Crippen MR) is 176 cm³/mol. The van der Waals surface area contributed by atoms with Crippen molar-refractivity contribution >= 4 is 39.5 Å². The molecular formula is C33H41BrClN7O3. The number of carbonyl (C=O) groups excluding carboxylic acids is 2. The van der Waals surface area contributed by atoms with E-state index in [1.807, 2.05) is 29.1 Å². The molecule has 1 saturated carbocycles. The topological polar surface area (TPSA) is 116 Å². The predicted octanol–water partition coefficient (Wildman–Crippen LogP) is 4.61. The lowest BCUT2D eigenvalue weighted by Crippen LogP contribution is -2.63. The summed E-state index contributed by atoms with van der Waals surface area (Å²) in [5, 5.41) is 16.6. The lowest BCUT2D eigenvalue weighted by atomic mass is 9.95. The van der Waals surface area contributed by atoms with Crippen LogP contribution >= 0.6 is 27.5 Å². The Kier molecular flexibility index (Phi) is 10.4. The second-order valence-corrected chi connectivity index (χ2v) is 13.6. The van der Waals surface area contributed by atoms with E-state index in [-0.39, 0.29) is 30.6 Å². The number of nitrogens with one attached hydrogen (secondary N) is 2. The number of aryl methyl sites for hydroxylation is 3. The molecule has 1 saturated heterocycles. The molecule has 3 heterocycles. The molecule has 12 heteroatoms. The Balaban J connectivity index is 1.24. The zero-order valence-electron chi connectivity index (χ0n) is 25.4. The van der Waals surface area contributed by atoms with Crippen LogP contribution in [0, 0.1) is 0 Å². The maximum Gasteiger partial charge on any atom is 0.318 e. The number of benzene rings is 1. The van der Waals surface area contributed by atoms with Crippen molar-refractivity contribution < 1.29 is 14.7 Å². The Labute approximate surface area is 277 Å². The van der Waals surface area contributed by atoms with Crippen molar-refractivity contribution in [2.45, 2.75) is 82.6 Å². The molecule has 240 valence electrons. The van der Waals surface area contributed by atoms with Gasteiger partial charge in [0, 0.05) is 66.9 Å². The minimum Gasteiger partial charge on any atom is -0.388 e. The SMILES string of the molecule is O=C(NCCCn1ccnc1CO)[C@H]1CN(C2c3ccc(Cl)cc3CCc3cc(Br)cnc32)CCN1C(=O)NC1CCCCC1. The number of imidazole rings is 1. The Morgan fingerprint density at radius 1 is 1.07 bits per heavy atom. The highest BCUT2D eigenvalue weighted by Crippen LogP contribution is 2.38. The van der Waals surface area contributed by atoms with Gasteiger partial charge in [-0.25, -0.2) is 9.78 Å². The highest BCUT2D eigenvalue weighted by atomic mass is 79.9. The molecule has 2 aliphatic carbocycles. The summed E-state index contributed by atoms with van der Waals surface area (Å²) >= 11 is 10.1. The quantitative estimate of drug-likeness (QED) is 0.296. The van der Waals surface area contributed by atoms with Crippen molar-refractivity contribution in [1.82, 2.24) is 35.0 Å². The number of hydrogen-bond acceptors (Lipinski definition) is 6. The molecule has 0 bridgehead atoms. The van der Waals surface area contributed by atoms with Crippen molar-refractivity contribution in [3.63, 3.8) is 0 Å². The van der Waals surface area contributed by atoms with Crippen molar-refractivity contribution in [2.24, 2.45) is 0 Å². The summed E-state index contributed by atoms with van der Waals surface area (Å²) < 4.78 is 2.82. The molecule has 2 atom stereocenters. The summed E-state index contributed by atoms with van der Waals surface area (Å²) in [7, 11) is 0. The fraction of sp³-hybridized carbons (Fsp3) is 0.515. The van der Waals surface area contributed by atoms with Gasteiger partial charge >= 0.3 is 6.03 Å². The third kappa shape index (κ3) is 7.37. The number of hydrogen-bond donors (Lipinski definition) is 3. The largest absolute Gasteiger partial charge is 0.388 e. The molecular weight excluding hydrogens is 658 g/mol. The van der Waals surface area contributed by atoms with Gasteiger partial charge in [0.1, 0.15) is 18.5 Å². The van der Waals surface area contributed by atoms with E-state index in [1.165, 1.54) is 17.5 Å². The molecule has 1 aliphatic heterocycles. The Morgan fingerprint density at radius 2 is 1.89 bits per heavy atom. The molecule has 10 nitrogen and oxygen atoms in total. The highest BCUT2D eigenvalue weighted by molar-refractivity contribution is 9.10. The van der Waals surface area contributed by atoms with Gasteiger partial charge in [-0.3, -0.25) is 14.7 Å². The van der Waals surface area contributed by atoms with Crippen LogP contribution in [-0.4, -0.2) is 79.6 Å². The Bertz CT molecular complexity index is 1460. The number of aliphatic hydroxyl groups is 1. The number of fused-ring (bicyclic) bond motifs is 2. The van der Waals surface area contributed by atoms with E-state index < -0.39 is 6.04 Å². The summed E-state index contributed by atoms with van der Waals surface area (Å²) in [6.07, 6.45) is 13.1. The molecule has 1 aromatic carbocycles. The van der Waals surface area contributed by atoms with Crippen LogP contribution in [0.25, 0.3) is 0 Å². The van der Waals surface area contributed by atoms with Gasteiger partial charge in [0.25, 0.3) is 0 Å². The number of urea groups is 1. The molecule has 0 radical (unpaired) electrons. The monoisotopic (exact) mass is 697 g/mol. The van der Waals surface area contributed by atoms with E-state index >= 15 is 0 Å². The van der Waals surface area contributed by atoms with Crippen LogP contribution in [0.5, 0.6) is 0 Å². The van der Waals surface area contributed by atoms with Crippen molar-refractivity contribution in [2.75, 3.05) is 26.2 Å². The van der Waals surface area contributed by atoms with Gasteiger partial charge in [0.15, 0.2) is 0 Å². The highest BCUT2D eigenvalue weighted by Gasteiger charge is 2.40. The number of pyridine rings is 1. The number of piperazine rings is 1. The fourth-order valence-corrected chi connectivity index (χ4v) is 7.64. The maximum atomic E-state index is 13.9. The lowest BCUT2D eigenvalue weighted by molar-refractivity contribution is -0.127. The number of aliphatic hydroxyl groups excluding tert-OH is 1. The number of rotatable bonds is 8. The number of halogens is 2. The molecule has 3 N–H and O–H groups in total. The van der Waals surface area contributed by atoms with Crippen LogP contribution in [0.15, 0.2) is 47.3 Å². The third-order valence-electron chi connectivity index (χ3n) is 9.38. The minimum atomic E-state index is -0.665. The molecule has 0 spiro atoms. The molecule has 3 aromatic rings. The van der Waals surface area contributed by atoms with Crippen LogP contribution in [0.1, 0.15) is 72.8 Å². The Hall–Kier alpha value is -2.99. The van der Waals surface area contributed by atoms with Crippen molar-refractivity contribution in [3.8, 4) is 0 Å². The molecule has 6 rings (SSSR count). The molecule has 1 unspecified atom stereocenters. The second kappa shape index (κ2) is 14.6. The first-order valence-corrected chi connectivity index (χ1v) is 17.2. The first-order chi connectivity index (χ1) is 21.9. The average Bonchev–Trinajstić information content (AvgIpc) is 3.45. The van der Waals surface area contributed by atoms with Crippen LogP contribution in [0.2, 0.25) is 5.02 Å². The summed E-state index contributed by atoms with van der Waals surface area (Å²) in [6.45, 7) is 2.35. The van der Waals surface area contributed by atoms with Crippen molar-refractivity contribution in [3.05, 3.63) is 80.6 Å². The average molecular weight is 699 g/mol. The van der Waals surface area contributed by atoms with Crippen molar-refractivity contribution in [1.29, 1.82) is 0 Å². The lowest BCUT2D eigenvalue weighted by Gasteiger charge is -2.44. The van der Waals surface area contributed by atoms with Gasteiger partial charge in [-0.05, 0) is 82.9 Å². The van der Waals surface area contributed by atoms with Gasteiger partial charge in [-0.1, -0.05) is 36.9 Å². The zero-order chi connectivity index (χ0) is 31.3. The number of aromatic nitrogens is 3. The van der Waals surface area contributed by atoms with Gasteiger partial charge in [0.05, 0.1) is 11.7 Å². The first kappa shape index (κ1) is 32.0. The number of nitrogens with zero attached hydrogens (tertiary/aromatic N) is 5. The first-order valence-electron chi connectivity index (χ1n) is 16.0. The van der Waals surface area contributed by atoms with Crippen LogP contribution in [0.3, 0.4) is 0 Å². The van der Waals surface area contributed by atoms with Crippen LogP contribution in [-0.2, 0) is 30.8 Å². The van der Waals surface area contributed by atoms with Crippen LogP contribution < -0.4 is 10.6 Å². The molecule has 2 fully saturated rings. The molecule has 3 amide bonds. The second-order valence-electron chi connectivity index (χ2n) is 12.3. The van der Waals surface area contributed by atoms with Gasteiger partial charge < -0.3 is 25.2 Å². The van der Waals surface area contributed by atoms with Gasteiger partial charge in [0.2, 0.25) is 5.91 Å². The summed E-state index contributed by atoms with van der Waals surface area (Å²) in [5.74, 6) is 0.432. The van der Waals surface area contributed by atoms with E-state index in [2.05, 4.69) is 48.6 Å². The number of amides is 3. The van der Waals surface area contributed by atoms with E-state index in [9.17, 15) is 14.7 Å². The molecule has 3 aliphatic rings. The van der Waals surface area contributed by atoms with E-state index in [0.29, 0.717) is 50.0 Å². The minimum absolute atomic E-state index is 0.131. The summed E-state index contributed by atoms with van der Waals surface area (Å²) in [5.41, 5.74) is 4.48. The zero-order valence-corrected chi connectivity index (χ0v) is 27.8. The smallest absolute Gasteiger partial charge is 0.318 e. The van der Waals surface area contributed by atoms with Crippen LogP contribution in [0.4, 0.5) is 4.79 Å². The third-order valence-corrected chi connectivity index (χ3v) is 10.1. The summed E-state index contributed by atoms with van der Waals surface area (Å²) in [4.78, 5) is 40.7. The molecule has 2 aromatic heterocycles. The number of carbonyl (C=O) groups is 2.